The van der Waals surface area contributed by atoms with Crippen LogP contribution >= 0.6 is 0 Å². The van der Waals surface area contributed by atoms with Crippen LogP contribution in [-0.2, 0) is 19.1 Å². The van der Waals surface area contributed by atoms with E-state index in [0.717, 1.165) is 11.1 Å². The SMILES string of the molecule is CCC(C)(C)COC(=O)N=C(N)c1ccc(N[C@@H](c2nc(OCOC(=O)C(C)(C)C(=O)O)n(-c3ncccn3)n2)c2cc(OC)cc(OCCO)c2F)cc1. The van der Waals surface area contributed by atoms with Crippen molar-refractivity contribution in [2.75, 3.05) is 39.0 Å². The van der Waals surface area contributed by atoms with Crippen molar-refractivity contribution in [3.05, 3.63) is 77.6 Å². The standard InChI is InChI=1S/C36H43FN8O10/c1-7-35(2,3)19-53-34(50)42-28(38)21-9-11-22(12-10-21)41-27(24-17-23(51-6)18-25(26(24)37)52-16-15-46)29-43-33(45(44-29)32-39-13-8-14-40-32)55-20-54-31(49)36(4,5)30(47)48/h8-14,17-18,27,41,46H,7,15-16,19-20H2,1-6H3,(H,47,48)(H2,38,42,50)/t27-/m1/s1. The summed E-state index contributed by atoms with van der Waals surface area (Å²) in [5, 5.41) is 26.4. The molecule has 4 aromatic rings. The van der Waals surface area contributed by atoms with E-state index in [0.29, 0.717) is 11.3 Å². The van der Waals surface area contributed by atoms with Gasteiger partial charge in [-0.25, -0.2) is 19.2 Å². The predicted octanol–water partition coefficient (Wildman–Crippen LogP) is 4.05. The molecule has 0 aliphatic rings. The van der Waals surface area contributed by atoms with E-state index in [-0.39, 0.29) is 59.3 Å². The fourth-order valence-electron chi connectivity index (χ4n) is 4.38. The van der Waals surface area contributed by atoms with Gasteiger partial charge in [-0.3, -0.25) is 9.59 Å². The summed E-state index contributed by atoms with van der Waals surface area (Å²) in [6.07, 6.45) is 2.80. The molecule has 0 bridgehead atoms. The van der Waals surface area contributed by atoms with Gasteiger partial charge in [0.1, 0.15) is 24.2 Å². The Morgan fingerprint density at radius 2 is 1.75 bits per heavy atom. The molecule has 0 aliphatic carbocycles. The number of anilines is 1. The number of aliphatic imine (C=N–C) groups is 1. The number of aliphatic hydroxyl groups is 1. The maximum absolute atomic E-state index is 16.3. The van der Waals surface area contributed by atoms with Gasteiger partial charge in [-0.15, -0.1) is 9.78 Å². The van der Waals surface area contributed by atoms with Crippen LogP contribution in [0.25, 0.3) is 5.95 Å². The number of nitrogens with zero attached hydrogens (tertiary/aromatic N) is 6. The summed E-state index contributed by atoms with van der Waals surface area (Å²) in [5.74, 6) is -3.60. The molecule has 294 valence electrons. The Morgan fingerprint density at radius 1 is 1.05 bits per heavy atom. The molecule has 0 radical (unpaired) electrons. The minimum Gasteiger partial charge on any atom is -0.497 e. The largest absolute Gasteiger partial charge is 0.497 e. The molecule has 0 aliphatic heterocycles. The third-order valence-corrected chi connectivity index (χ3v) is 8.20. The van der Waals surface area contributed by atoms with Crippen LogP contribution in [0.15, 0.2) is 59.9 Å². The second kappa shape index (κ2) is 18.1. The predicted molar refractivity (Wildman–Crippen MR) is 194 cm³/mol. The molecule has 18 nitrogen and oxygen atoms in total. The zero-order chi connectivity index (χ0) is 40.3. The van der Waals surface area contributed by atoms with Crippen molar-refractivity contribution in [1.82, 2.24) is 24.7 Å². The number of aromatic nitrogens is 5. The average molecular weight is 767 g/mol. The molecule has 0 unspecified atom stereocenters. The van der Waals surface area contributed by atoms with Gasteiger partial charge in [0.2, 0.25) is 6.79 Å². The van der Waals surface area contributed by atoms with Gasteiger partial charge in [-0.2, -0.15) is 9.98 Å². The third-order valence-electron chi connectivity index (χ3n) is 8.20. The van der Waals surface area contributed by atoms with Crippen LogP contribution in [0.5, 0.6) is 17.5 Å². The van der Waals surface area contributed by atoms with Crippen molar-refractivity contribution in [3.63, 3.8) is 0 Å². The number of esters is 1. The minimum atomic E-state index is -1.87. The Balaban J connectivity index is 1.75. The average Bonchev–Trinajstić information content (AvgIpc) is 3.60. The van der Waals surface area contributed by atoms with Gasteiger partial charge in [-0.1, -0.05) is 20.8 Å². The summed E-state index contributed by atoms with van der Waals surface area (Å²) >= 11 is 0. The Bertz CT molecular complexity index is 1990. The quantitative estimate of drug-likeness (QED) is 0.0367. The van der Waals surface area contributed by atoms with Crippen molar-refractivity contribution in [2.45, 2.75) is 47.1 Å². The molecule has 2 aromatic heterocycles. The van der Waals surface area contributed by atoms with E-state index in [1.165, 1.54) is 45.5 Å². The Hall–Kier alpha value is -6.37. The van der Waals surface area contributed by atoms with Crippen LogP contribution in [0.1, 0.15) is 64.0 Å². The lowest BCUT2D eigenvalue weighted by molar-refractivity contribution is -0.170. The van der Waals surface area contributed by atoms with Crippen molar-refractivity contribution in [1.29, 1.82) is 0 Å². The highest BCUT2D eigenvalue weighted by molar-refractivity contribution is 6.03. The fraction of sp³-hybridized carbons (Fsp3) is 0.389. The number of nitrogens with one attached hydrogen (secondary N) is 1. The Labute approximate surface area is 315 Å². The van der Waals surface area contributed by atoms with E-state index in [1.54, 1.807) is 30.3 Å². The summed E-state index contributed by atoms with van der Waals surface area (Å²) in [4.78, 5) is 53.0. The maximum atomic E-state index is 16.3. The molecule has 4 rings (SSSR count). The number of hydrogen-bond acceptors (Lipinski definition) is 14. The highest BCUT2D eigenvalue weighted by Gasteiger charge is 2.38. The molecule has 1 atom stereocenters. The minimum absolute atomic E-state index is 0.0267. The molecule has 2 heterocycles. The van der Waals surface area contributed by atoms with Gasteiger partial charge in [0.05, 0.1) is 20.3 Å². The number of nitrogens with two attached hydrogens (primary N) is 1. The van der Waals surface area contributed by atoms with Gasteiger partial charge in [-0.05, 0) is 62.1 Å². The number of aliphatic hydroxyl groups excluding tert-OH is 1. The Morgan fingerprint density at radius 3 is 2.36 bits per heavy atom. The number of carboxylic acids is 1. The van der Waals surface area contributed by atoms with Gasteiger partial charge < -0.3 is 44.9 Å². The molecule has 55 heavy (non-hydrogen) atoms. The van der Waals surface area contributed by atoms with Crippen molar-refractivity contribution < 1.29 is 52.7 Å². The number of carbonyl (C=O) groups is 3. The van der Waals surface area contributed by atoms with Crippen LogP contribution in [0.2, 0.25) is 0 Å². The van der Waals surface area contributed by atoms with E-state index in [2.05, 4.69) is 30.4 Å². The molecular weight excluding hydrogens is 723 g/mol. The summed E-state index contributed by atoms with van der Waals surface area (Å²) in [6.45, 7) is 7.02. The van der Waals surface area contributed by atoms with Gasteiger partial charge in [0.15, 0.2) is 22.8 Å². The van der Waals surface area contributed by atoms with Crippen LogP contribution in [0.4, 0.5) is 14.9 Å². The number of halogens is 1. The van der Waals surface area contributed by atoms with Crippen molar-refractivity contribution in [2.24, 2.45) is 21.6 Å². The number of carbonyl (C=O) groups excluding carboxylic acids is 2. The first kappa shape index (κ1) is 41.4. The maximum Gasteiger partial charge on any atom is 0.435 e. The second-order valence-corrected chi connectivity index (χ2v) is 13.2. The molecule has 19 heteroatoms. The van der Waals surface area contributed by atoms with Gasteiger partial charge in [0, 0.05) is 35.3 Å². The van der Waals surface area contributed by atoms with E-state index in [9.17, 15) is 24.6 Å². The van der Waals surface area contributed by atoms with Crippen LogP contribution in [0, 0.1) is 16.6 Å². The first-order valence-electron chi connectivity index (χ1n) is 16.9. The van der Waals surface area contributed by atoms with Crippen LogP contribution in [-0.4, -0.2) is 92.5 Å². The number of ether oxygens (including phenoxy) is 5. The number of benzene rings is 2. The highest BCUT2D eigenvalue weighted by atomic mass is 19.1. The topological polar surface area (TPSA) is 245 Å². The third kappa shape index (κ3) is 10.6. The van der Waals surface area contributed by atoms with Gasteiger partial charge >= 0.3 is 24.0 Å². The van der Waals surface area contributed by atoms with Crippen molar-refractivity contribution in [3.8, 4) is 23.5 Å². The number of amides is 1. The van der Waals surface area contributed by atoms with Crippen LogP contribution in [0.3, 0.4) is 0 Å². The summed E-state index contributed by atoms with van der Waals surface area (Å²) in [7, 11) is 1.37. The highest BCUT2D eigenvalue weighted by Crippen LogP contribution is 2.36. The number of rotatable bonds is 18. The summed E-state index contributed by atoms with van der Waals surface area (Å²) in [5.41, 5.74) is 4.72. The van der Waals surface area contributed by atoms with E-state index < -0.39 is 48.7 Å². The first-order chi connectivity index (χ1) is 26.1. The zero-order valence-corrected chi connectivity index (χ0v) is 31.1. The lowest BCUT2D eigenvalue weighted by Gasteiger charge is -2.21. The first-order valence-corrected chi connectivity index (χ1v) is 16.9. The Kier molecular flexibility index (Phi) is 13.6. The lowest BCUT2D eigenvalue weighted by Crippen LogP contribution is -2.35. The molecule has 5 N–H and O–H groups in total. The summed E-state index contributed by atoms with van der Waals surface area (Å²) < 4.78 is 44.2. The monoisotopic (exact) mass is 766 g/mol. The smallest absolute Gasteiger partial charge is 0.435 e. The number of hydrogen-bond donors (Lipinski definition) is 4. The number of carboxylic acid groups (broad SMARTS) is 1. The lowest BCUT2D eigenvalue weighted by atomic mass is 9.92. The number of methoxy groups -OCH3 is 1. The van der Waals surface area contributed by atoms with E-state index >= 15 is 4.39 Å². The summed E-state index contributed by atoms with van der Waals surface area (Å²) in [6, 6.07) is 9.05. The molecule has 0 saturated heterocycles. The molecule has 1 amide bonds. The molecule has 2 aromatic carbocycles. The van der Waals surface area contributed by atoms with Gasteiger partial charge in [0.25, 0.3) is 5.95 Å². The second-order valence-electron chi connectivity index (χ2n) is 13.2. The number of aliphatic carboxylic acids is 1. The van der Waals surface area contributed by atoms with E-state index in [1.807, 2.05) is 20.8 Å². The van der Waals surface area contributed by atoms with Crippen molar-refractivity contribution >= 4 is 29.6 Å². The van der Waals surface area contributed by atoms with Crippen LogP contribution < -0.4 is 25.3 Å². The fourth-order valence-corrected chi connectivity index (χ4v) is 4.38. The zero-order valence-electron chi connectivity index (χ0n) is 31.1. The molecule has 0 spiro atoms. The molecule has 0 fully saturated rings. The van der Waals surface area contributed by atoms with E-state index in [4.69, 9.17) is 29.4 Å². The molecular formula is C36H43FN8O10. The number of amidine groups is 1. The normalized spacial score (nSPS) is 12.4. The molecule has 0 saturated carbocycles.